The number of aryl methyl sites for hydroxylation is 1. The number of nitrogens with one attached hydrogen (secondary N) is 1. The molecule has 0 aliphatic carbocycles. The van der Waals surface area contributed by atoms with Gasteiger partial charge in [-0.15, -0.1) is 0 Å². The maximum absolute atomic E-state index is 12.8. The fourth-order valence-electron chi connectivity index (χ4n) is 2.68. The standard InChI is InChI=1S/C15H17N7O/c1-2-22-13(6-8-18-22)21-9-3-4-12(14(21)23)20-15-17-7-5-11(10-16)19-15/h5-8,12H,2-4,9H2,1H3,(H,17,19,20)/t12-/m0/s1. The maximum atomic E-state index is 12.8. The second-order valence-corrected chi connectivity index (χ2v) is 5.21. The highest BCUT2D eigenvalue weighted by atomic mass is 16.2. The van der Waals surface area contributed by atoms with E-state index in [0.717, 1.165) is 12.2 Å². The number of carbonyl (C=O) groups is 1. The van der Waals surface area contributed by atoms with E-state index in [1.54, 1.807) is 15.8 Å². The second kappa shape index (κ2) is 6.44. The fourth-order valence-corrected chi connectivity index (χ4v) is 2.68. The third-order valence-electron chi connectivity index (χ3n) is 3.78. The van der Waals surface area contributed by atoms with Gasteiger partial charge >= 0.3 is 0 Å². The number of hydrogen-bond donors (Lipinski definition) is 1. The Labute approximate surface area is 133 Å². The zero-order valence-electron chi connectivity index (χ0n) is 12.8. The van der Waals surface area contributed by atoms with E-state index in [4.69, 9.17) is 5.26 Å². The van der Waals surface area contributed by atoms with Crippen LogP contribution in [0.5, 0.6) is 0 Å². The van der Waals surface area contributed by atoms with Crippen LogP contribution in [0.15, 0.2) is 24.5 Å². The van der Waals surface area contributed by atoms with Crippen molar-refractivity contribution in [1.82, 2.24) is 19.7 Å². The average Bonchev–Trinajstić information content (AvgIpc) is 3.05. The summed E-state index contributed by atoms with van der Waals surface area (Å²) in [5.74, 6) is 1.07. The van der Waals surface area contributed by atoms with Crippen LogP contribution >= 0.6 is 0 Å². The van der Waals surface area contributed by atoms with Gasteiger partial charge in [-0.05, 0) is 25.8 Å². The van der Waals surface area contributed by atoms with Crippen molar-refractivity contribution in [3.8, 4) is 6.07 Å². The lowest BCUT2D eigenvalue weighted by Gasteiger charge is -2.32. The van der Waals surface area contributed by atoms with Crippen molar-refractivity contribution >= 4 is 17.7 Å². The monoisotopic (exact) mass is 311 g/mol. The molecular formula is C15H17N7O. The molecule has 1 amide bonds. The predicted molar refractivity (Wildman–Crippen MR) is 83.6 cm³/mol. The molecule has 8 nitrogen and oxygen atoms in total. The van der Waals surface area contributed by atoms with Crippen molar-refractivity contribution in [2.24, 2.45) is 0 Å². The third kappa shape index (κ3) is 2.99. The molecular weight excluding hydrogens is 294 g/mol. The van der Waals surface area contributed by atoms with Gasteiger partial charge in [0, 0.05) is 25.4 Å². The lowest BCUT2D eigenvalue weighted by Crippen LogP contribution is -2.48. The first-order valence-electron chi connectivity index (χ1n) is 7.55. The van der Waals surface area contributed by atoms with Crippen molar-refractivity contribution in [1.29, 1.82) is 5.26 Å². The summed E-state index contributed by atoms with van der Waals surface area (Å²) in [6.07, 6.45) is 4.78. The van der Waals surface area contributed by atoms with Gasteiger partial charge < -0.3 is 5.32 Å². The van der Waals surface area contributed by atoms with Crippen LogP contribution in [0.25, 0.3) is 0 Å². The molecule has 0 saturated carbocycles. The molecule has 2 aromatic rings. The van der Waals surface area contributed by atoms with Crippen LogP contribution in [0.3, 0.4) is 0 Å². The summed E-state index contributed by atoms with van der Waals surface area (Å²) in [4.78, 5) is 22.6. The highest BCUT2D eigenvalue weighted by Crippen LogP contribution is 2.22. The van der Waals surface area contributed by atoms with Gasteiger partial charge in [-0.2, -0.15) is 10.4 Å². The number of amides is 1. The number of carbonyl (C=O) groups excluding carboxylic acids is 1. The number of rotatable bonds is 4. The largest absolute Gasteiger partial charge is 0.342 e. The molecule has 0 unspecified atom stereocenters. The summed E-state index contributed by atoms with van der Waals surface area (Å²) in [7, 11) is 0. The summed E-state index contributed by atoms with van der Waals surface area (Å²) >= 11 is 0. The van der Waals surface area contributed by atoms with Crippen molar-refractivity contribution in [3.05, 3.63) is 30.2 Å². The molecule has 23 heavy (non-hydrogen) atoms. The highest BCUT2D eigenvalue weighted by Gasteiger charge is 2.31. The minimum absolute atomic E-state index is 0.0302. The number of aromatic nitrogens is 4. The van der Waals surface area contributed by atoms with Gasteiger partial charge in [0.15, 0.2) is 0 Å². The van der Waals surface area contributed by atoms with Gasteiger partial charge in [0.05, 0.1) is 6.20 Å². The third-order valence-corrected chi connectivity index (χ3v) is 3.78. The summed E-state index contributed by atoms with van der Waals surface area (Å²) in [6, 6.07) is 4.93. The number of nitriles is 1. The molecule has 1 N–H and O–H groups in total. The normalized spacial score (nSPS) is 17.8. The van der Waals surface area contributed by atoms with Gasteiger partial charge in [-0.25, -0.2) is 14.6 Å². The molecule has 1 fully saturated rings. The first-order valence-corrected chi connectivity index (χ1v) is 7.55. The summed E-state index contributed by atoms with van der Waals surface area (Å²) in [5.41, 5.74) is 0.270. The Balaban J connectivity index is 1.78. The highest BCUT2D eigenvalue weighted by molar-refractivity contribution is 5.98. The van der Waals surface area contributed by atoms with E-state index in [1.165, 1.54) is 12.3 Å². The Bertz CT molecular complexity index is 748. The van der Waals surface area contributed by atoms with Crippen molar-refractivity contribution in [2.45, 2.75) is 32.4 Å². The maximum Gasteiger partial charge on any atom is 0.250 e. The Morgan fingerprint density at radius 3 is 3.09 bits per heavy atom. The minimum Gasteiger partial charge on any atom is -0.342 e. The van der Waals surface area contributed by atoms with Crippen LogP contribution < -0.4 is 10.2 Å². The van der Waals surface area contributed by atoms with Crippen LogP contribution in [0.2, 0.25) is 0 Å². The molecule has 0 bridgehead atoms. The van der Waals surface area contributed by atoms with Crippen LogP contribution in [0.4, 0.5) is 11.8 Å². The summed E-state index contributed by atoms with van der Waals surface area (Å²) < 4.78 is 1.80. The molecule has 118 valence electrons. The molecule has 1 aliphatic rings. The lowest BCUT2D eigenvalue weighted by atomic mass is 10.0. The minimum atomic E-state index is -0.405. The van der Waals surface area contributed by atoms with Crippen molar-refractivity contribution < 1.29 is 4.79 Å². The smallest absolute Gasteiger partial charge is 0.250 e. The molecule has 0 spiro atoms. The van der Waals surface area contributed by atoms with Gasteiger partial charge in [0.25, 0.3) is 5.91 Å². The van der Waals surface area contributed by atoms with Crippen molar-refractivity contribution in [3.63, 3.8) is 0 Å². The van der Waals surface area contributed by atoms with Crippen LogP contribution in [-0.4, -0.2) is 38.2 Å². The molecule has 1 aliphatic heterocycles. The van der Waals surface area contributed by atoms with E-state index >= 15 is 0 Å². The number of hydrogen-bond acceptors (Lipinski definition) is 6. The summed E-state index contributed by atoms with van der Waals surface area (Å²) in [6.45, 7) is 3.36. The van der Waals surface area contributed by atoms with Gasteiger partial charge in [0.1, 0.15) is 23.6 Å². The fraction of sp³-hybridized carbons (Fsp3) is 0.400. The number of anilines is 2. The lowest BCUT2D eigenvalue weighted by molar-refractivity contribution is -0.120. The first kappa shape index (κ1) is 15.0. The van der Waals surface area contributed by atoms with E-state index in [0.29, 0.717) is 25.5 Å². The average molecular weight is 311 g/mol. The van der Waals surface area contributed by atoms with Crippen LogP contribution in [0.1, 0.15) is 25.5 Å². The molecule has 1 saturated heterocycles. The van der Waals surface area contributed by atoms with E-state index in [2.05, 4.69) is 20.4 Å². The first-order chi connectivity index (χ1) is 11.2. The Hall–Kier alpha value is -2.95. The van der Waals surface area contributed by atoms with E-state index < -0.39 is 6.04 Å². The Morgan fingerprint density at radius 2 is 2.30 bits per heavy atom. The molecule has 8 heteroatoms. The molecule has 2 aromatic heterocycles. The van der Waals surface area contributed by atoms with Gasteiger partial charge in [0.2, 0.25) is 5.95 Å². The van der Waals surface area contributed by atoms with E-state index in [-0.39, 0.29) is 11.6 Å². The topological polar surface area (TPSA) is 99.7 Å². The zero-order valence-corrected chi connectivity index (χ0v) is 12.8. The molecule has 3 heterocycles. The van der Waals surface area contributed by atoms with Crippen LogP contribution in [-0.2, 0) is 11.3 Å². The Morgan fingerprint density at radius 1 is 1.43 bits per heavy atom. The SMILES string of the molecule is CCn1nccc1N1CCC[C@H](Nc2nccc(C#N)n2)C1=O. The van der Waals surface area contributed by atoms with Gasteiger partial charge in [-0.3, -0.25) is 9.69 Å². The molecule has 3 rings (SSSR count). The molecule has 0 aromatic carbocycles. The second-order valence-electron chi connectivity index (χ2n) is 5.21. The van der Waals surface area contributed by atoms with Crippen LogP contribution in [0, 0.1) is 11.3 Å². The number of nitrogens with zero attached hydrogens (tertiary/aromatic N) is 6. The predicted octanol–water partition coefficient (Wildman–Crippen LogP) is 1.17. The molecule has 0 radical (unpaired) electrons. The Kier molecular flexibility index (Phi) is 4.19. The quantitative estimate of drug-likeness (QED) is 0.910. The van der Waals surface area contributed by atoms with Crippen molar-refractivity contribution in [2.75, 3.05) is 16.8 Å². The van der Waals surface area contributed by atoms with E-state index in [9.17, 15) is 4.79 Å². The zero-order chi connectivity index (χ0) is 16.2. The van der Waals surface area contributed by atoms with E-state index in [1.807, 2.05) is 19.1 Å². The number of piperidine rings is 1. The summed E-state index contributed by atoms with van der Waals surface area (Å²) in [5, 5.41) is 16.1. The van der Waals surface area contributed by atoms with Gasteiger partial charge in [-0.1, -0.05) is 0 Å². The molecule has 1 atom stereocenters.